The lowest BCUT2D eigenvalue weighted by Gasteiger charge is -2.30. The number of likely N-dealkylation sites (N-methyl/N-ethyl adjacent to an activating group) is 1. The number of likely N-dealkylation sites (tertiary alicyclic amines) is 1. The summed E-state index contributed by atoms with van der Waals surface area (Å²) in [5.74, 6) is 0.352. The van der Waals surface area contributed by atoms with Crippen LogP contribution in [-0.4, -0.2) is 51.5 Å². The molecule has 2 heterocycles. The van der Waals surface area contributed by atoms with Gasteiger partial charge in [-0.3, -0.25) is 0 Å². The Morgan fingerprint density at radius 3 is 2.90 bits per heavy atom. The largest absolute Gasteiger partial charge is 0.372 e. The number of aromatic nitrogens is 1. The number of piperidine rings is 1. The summed E-state index contributed by atoms with van der Waals surface area (Å²) < 4.78 is 28.4. The van der Waals surface area contributed by atoms with Crippen molar-refractivity contribution in [1.29, 1.82) is 0 Å². The molecule has 2 N–H and O–H groups in total. The summed E-state index contributed by atoms with van der Waals surface area (Å²) >= 11 is 3.26. The van der Waals surface area contributed by atoms with Gasteiger partial charge in [-0.1, -0.05) is 0 Å². The van der Waals surface area contributed by atoms with Crippen molar-refractivity contribution in [3.05, 3.63) is 16.7 Å². The standard InChI is InChI=1S/C12H19BrN4O2S/c1-14-12-11(6-9(13)7-15-12)20(18,19)16-10-4-3-5-17(2)8-10/h6-7,10,16H,3-5,8H2,1-2H3,(H,14,15). The molecule has 1 fully saturated rings. The van der Waals surface area contributed by atoms with Crippen LogP contribution < -0.4 is 10.0 Å². The third-order valence-corrected chi connectivity index (χ3v) is 5.26. The zero-order valence-corrected chi connectivity index (χ0v) is 14.0. The smallest absolute Gasteiger partial charge is 0.244 e. The zero-order chi connectivity index (χ0) is 14.8. The topological polar surface area (TPSA) is 74.3 Å². The van der Waals surface area contributed by atoms with Crippen LogP contribution in [-0.2, 0) is 10.0 Å². The minimum atomic E-state index is -3.58. The number of halogens is 1. The summed E-state index contributed by atoms with van der Waals surface area (Å²) in [6.45, 7) is 1.74. The first-order valence-corrected chi connectivity index (χ1v) is 8.74. The monoisotopic (exact) mass is 362 g/mol. The van der Waals surface area contributed by atoms with E-state index >= 15 is 0 Å². The van der Waals surface area contributed by atoms with Gasteiger partial charge in [-0.05, 0) is 48.4 Å². The molecule has 0 radical (unpaired) electrons. The Morgan fingerprint density at radius 2 is 2.25 bits per heavy atom. The molecule has 0 saturated carbocycles. The summed E-state index contributed by atoms with van der Waals surface area (Å²) in [7, 11) is 0.0763. The Hall–Kier alpha value is -0.700. The van der Waals surface area contributed by atoms with E-state index in [1.165, 1.54) is 0 Å². The number of rotatable bonds is 4. The molecular formula is C12H19BrN4O2S. The maximum Gasteiger partial charge on any atom is 0.244 e. The van der Waals surface area contributed by atoms with Crippen molar-refractivity contribution in [2.75, 3.05) is 32.5 Å². The molecule has 0 spiro atoms. The molecule has 6 nitrogen and oxygen atoms in total. The van der Waals surface area contributed by atoms with Crippen LogP contribution in [0.3, 0.4) is 0 Å². The van der Waals surface area contributed by atoms with Gasteiger partial charge in [0.05, 0.1) is 0 Å². The molecule has 1 unspecified atom stereocenters. The van der Waals surface area contributed by atoms with Gasteiger partial charge in [-0.25, -0.2) is 18.1 Å². The third kappa shape index (κ3) is 3.69. The molecule has 112 valence electrons. The van der Waals surface area contributed by atoms with Gasteiger partial charge in [0.2, 0.25) is 10.0 Å². The van der Waals surface area contributed by atoms with E-state index in [1.54, 1.807) is 19.3 Å². The molecule has 1 saturated heterocycles. The maximum absolute atomic E-state index is 12.5. The highest BCUT2D eigenvalue weighted by atomic mass is 79.9. The number of nitrogens with one attached hydrogen (secondary N) is 2. The van der Waals surface area contributed by atoms with Gasteiger partial charge >= 0.3 is 0 Å². The van der Waals surface area contributed by atoms with E-state index in [-0.39, 0.29) is 10.9 Å². The van der Waals surface area contributed by atoms with Crippen LogP contribution in [0, 0.1) is 0 Å². The minimum absolute atomic E-state index is 0.0533. The first-order chi connectivity index (χ1) is 9.42. The lowest BCUT2D eigenvalue weighted by atomic mass is 10.1. The molecule has 1 atom stereocenters. The van der Waals surface area contributed by atoms with Crippen molar-refractivity contribution < 1.29 is 8.42 Å². The lowest BCUT2D eigenvalue weighted by Crippen LogP contribution is -2.46. The van der Waals surface area contributed by atoms with E-state index in [4.69, 9.17) is 0 Å². The molecule has 0 aromatic carbocycles. The van der Waals surface area contributed by atoms with Crippen molar-refractivity contribution >= 4 is 31.8 Å². The molecule has 20 heavy (non-hydrogen) atoms. The number of pyridine rings is 1. The first-order valence-electron chi connectivity index (χ1n) is 6.46. The minimum Gasteiger partial charge on any atom is -0.372 e. The summed E-state index contributed by atoms with van der Waals surface area (Å²) in [6, 6.07) is 1.51. The normalized spacial score (nSPS) is 20.9. The molecule has 1 aliphatic rings. The van der Waals surface area contributed by atoms with Gasteiger partial charge < -0.3 is 10.2 Å². The predicted molar refractivity (Wildman–Crippen MR) is 82.3 cm³/mol. The number of anilines is 1. The van der Waals surface area contributed by atoms with Crippen LogP contribution in [0.1, 0.15) is 12.8 Å². The fourth-order valence-electron chi connectivity index (χ4n) is 2.36. The molecule has 1 aromatic heterocycles. The number of hydrogen-bond acceptors (Lipinski definition) is 5. The number of hydrogen-bond donors (Lipinski definition) is 2. The maximum atomic E-state index is 12.5. The van der Waals surface area contributed by atoms with E-state index in [1.807, 2.05) is 7.05 Å². The summed E-state index contributed by atoms with van der Waals surface area (Å²) in [4.78, 5) is 6.39. The first kappa shape index (κ1) is 15.7. The highest BCUT2D eigenvalue weighted by Crippen LogP contribution is 2.23. The lowest BCUT2D eigenvalue weighted by molar-refractivity contribution is 0.242. The van der Waals surface area contributed by atoms with Crippen molar-refractivity contribution in [3.8, 4) is 0 Å². The van der Waals surface area contributed by atoms with Crippen LogP contribution in [0.4, 0.5) is 5.82 Å². The van der Waals surface area contributed by atoms with Crippen LogP contribution in [0.25, 0.3) is 0 Å². The molecule has 8 heteroatoms. The molecule has 0 amide bonds. The van der Waals surface area contributed by atoms with Gasteiger partial charge in [0.1, 0.15) is 10.7 Å². The fourth-order valence-corrected chi connectivity index (χ4v) is 4.29. The molecule has 0 aliphatic carbocycles. The van der Waals surface area contributed by atoms with E-state index in [0.29, 0.717) is 10.3 Å². The van der Waals surface area contributed by atoms with E-state index in [2.05, 4.69) is 35.9 Å². The number of nitrogens with zero attached hydrogens (tertiary/aromatic N) is 2. The quantitative estimate of drug-likeness (QED) is 0.843. The Kier molecular flexibility index (Phi) is 5.00. The molecule has 2 rings (SSSR count). The molecule has 1 aromatic rings. The summed E-state index contributed by atoms with van der Waals surface area (Å²) in [5, 5.41) is 2.81. The second-order valence-electron chi connectivity index (χ2n) is 4.97. The van der Waals surface area contributed by atoms with E-state index in [9.17, 15) is 8.42 Å². The van der Waals surface area contributed by atoms with E-state index in [0.717, 1.165) is 25.9 Å². The zero-order valence-electron chi connectivity index (χ0n) is 11.6. The van der Waals surface area contributed by atoms with Crippen molar-refractivity contribution in [2.45, 2.75) is 23.8 Å². The average Bonchev–Trinajstić information content (AvgIpc) is 2.38. The SMILES string of the molecule is CNc1ncc(Br)cc1S(=O)(=O)NC1CCCN(C)C1. The second-order valence-corrected chi connectivity index (χ2v) is 7.57. The Balaban J connectivity index is 2.24. The Morgan fingerprint density at radius 1 is 1.50 bits per heavy atom. The van der Waals surface area contributed by atoms with E-state index < -0.39 is 10.0 Å². The van der Waals surface area contributed by atoms with Crippen molar-refractivity contribution in [3.63, 3.8) is 0 Å². The second kappa shape index (κ2) is 6.38. The third-order valence-electron chi connectivity index (χ3n) is 3.29. The highest BCUT2D eigenvalue weighted by molar-refractivity contribution is 9.10. The van der Waals surface area contributed by atoms with Gasteiger partial charge in [0.15, 0.2) is 0 Å². The van der Waals surface area contributed by atoms with Crippen LogP contribution >= 0.6 is 15.9 Å². The van der Waals surface area contributed by atoms with Gasteiger partial charge in [-0.15, -0.1) is 0 Å². The van der Waals surface area contributed by atoms with Crippen molar-refractivity contribution in [1.82, 2.24) is 14.6 Å². The molecule has 1 aliphatic heterocycles. The average molecular weight is 363 g/mol. The Bertz CT molecular complexity index is 579. The van der Waals surface area contributed by atoms with Gasteiger partial charge in [-0.2, -0.15) is 0 Å². The summed E-state index contributed by atoms with van der Waals surface area (Å²) in [6.07, 6.45) is 3.43. The summed E-state index contributed by atoms with van der Waals surface area (Å²) in [5.41, 5.74) is 0. The molecular weight excluding hydrogens is 344 g/mol. The Labute approximate surface area is 128 Å². The fraction of sp³-hybridized carbons (Fsp3) is 0.583. The van der Waals surface area contributed by atoms with Gasteiger partial charge in [0.25, 0.3) is 0 Å². The van der Waals surface area contributed by atoms with Gasteiger partial charge in [0, 0.05) is 30.3 Å². The van der Waals surface area contributed by atoms with Crippen LogP contribution in [0.15, 0.2) is 21.6 Å². The van der Waals surface area contributed by atoms with Crippen LogP contribution in [0.5, 0.6) is 0 Å². The highest BCUT2D eigenvalue weighted by Gasteiger charge is 2.26. The van der Waals surface area contributed by atoms with Crippen LogP contribution in [0.2, 0.25) is 0 Å². The van der Waals surface area contributed by atoms with Crippen molar-refractivity contribution in [2.24, 2.45) is 0 Å². The predicted octanol–water partition coefficient (Wildman–Crippen LogP) is 1.26. The molecule has 0 bridgehead atoms. The number of sulfonamides is 1.